The standard InChI is InChI=1S/C21H24F2N4O4/c1-4-30-18-9-13(5-8-17(18)31-20(22)23)11-27(3)12(2)19(28)24-14-6-7-15-16(10-14)26-21(29)25-15/h5-10,12,20H,4,11H2,1-3H3,(H,24,28)(H2,25,26,29). The van der Waals surface area contributed by atoms with E-state index in [0.29, 0.717) is 29.9 Å². The molecule has 1 unspecified atom stereocenters. The van der Waals surface area contributed by atoms with E-state index in [4.69, 9.17) is 4.74 Å². The summed E-state index contributed by atoms with van der Waals surface area (Å²) in [6.07, 6.45) is 0. The summed E-state index contributed by atoms with van der Waals surface area (Å²) < 4.78 is 35.0. The average molecular weight is 434 g/mol. The van der Waals surface area contributed by atoms with E-state index in [9.17, 15) is 18.4 Å². The fourth-order valence-electron chi connectivity index (χ4n) is 3.09. The highest BCUT2D eigenvalue weighted by Crippen LogP contribution is 2.30. The maximum absolute atomic E-state index is 12.7. The van der Waals surface area contributed by atoms with Gasteiger partial charge in [-0.15, -0.1) is 0 Å². The molecule has 0 aliphatic heterocycles. The van der Waals surface area contributed by atoms with Gasteiger partial charge in [-0.25, -0.2) is 4.79 Å². The first-order valence-electron chi connectivity index (χ1n) is 9.70. The van der Waals surface area contributed by atoms with E-state index in [2.05, 4.69) is 20.0 Å². The number of rotatable bonds is 9. The average Bonchev–Trinajstić information content (AvgIpc) is 3.08. The zero-order valence-corrected chi connectivity index (χ0v) is 17.4. The number of likely N-dealkylation sites (N-methyl/N-ethyl adjacent to an activating group) is 1. The van der Waals surface area contributed by atoms with E-state index in [1.54, 1.807) is 51.2 Å². The molecule has 0 radical (unpaired) electrons. The van der Waals surface area contributed by atoms with Gasteiger partial charge in [0.05, 0.1) is 23.7 Å². The topological polar surface area (TPSA) is 99.5 Å². The molecule has 0 saturated heterocycles. The minimum atomic E-state index is -2.94. The number of nitrogens with one attached hydrogen (secondary N) is 3. The summed E-state index contributed by atoms with van der Waals surface area (Å²) >= 11 is 0. The van der Waals surface area contributed by atoms with Crippen LogP contribution < -0.4 is 20.5 Å². The van der Waals surface area contributed by atoms with Crippen LogP contribution in [-0.2, 0) is 11.3 Å². The molecule has 1 atom stereocenters. The van der Waals surface area contributed by atoms with Crippen molar-refractivity contribution in [1.29, 1.82) is 0 Å². The van der Waals surface area contributed by atoms with Gasteiger partial charge >= 0.3 is 12.3 Å². The van der Waals surface area contributed by atoms with E-state index in [0.717, 1.165) is 5.56 Å². The SMILES string of the molecule is CCOc1cc(CN(C)C(C)C(=O)Nc2ccc3[nH]c(=O)[nH]c3c2)ccc1OC(F)F. The zero-order chi connectivity index (χ0) is 22.5. The van der Waals surface area contributed by atoms with Crippen LogP contribution in [-0.4, -0.2) is 47.1 Å². The van der Waals surface area contributed by atoms with E-state index >= 15 is 0 Å². The van der Waals surface area contributed by atoms with E-state index in [1.807, 2.05) is 4.90 Å². The Labute approximate surface area is 177 Å². The first-order valence-corrected chi connectivity index (χ1v) is 9.70. The number of anilines is 1. The summed E-state index contributed by atoms with van der Waals surface area (Å²) in [4.78, 5) is 31.1. The molecule has 0 bridgehead atoms. The molecule has 10 heteroatoms. The summed E-state index contributed by atoms with van der Waals surface area (Å²) in [7, 11) is 1.78. The lowest BCUT2D eigenvalue weighted by Crippen LogP contribution is -2.39. The van der Waals surface area contributed by atoms with Crippen molar-refractivity contribution in [3.05, 3.63) is 52.4 Å². The number of nitrogens with zero attached hydrogens (tertiary/aromatic N) is 1. The number of hydrogen-bond donors (Lipinski definition) is 3. The number of halogens is 2. The molecule has 1 heterocycles. The maximum atomic E-state index is 12.7. The lowest BCUT2D eigenvalue weighted by Gasteiger charge is -2.24. The molecule has 3 rings (SSSR count). The van der Waals surface area contributed by atoms with Gasteiger partial charge in [0.25, 0.3) is 0 Å². The molecule has 0 aliphatic carbocycles. The van der Waals surface area contributed by atoms with Crippen LogP contribution in [0.15, 0.2) is 41.2 Å². The molecule has 166 valence electrons. The maximum Gasteiger partial charge on any atom is 0.387 e. The molecule has 0 fully saturated rings. The summed E-state index contributed by atoms with van der Waals surface area (Å²) in [6, 6.07) is 9.29. The highest BCUT2D eigenvalue weighted by Gasteiger charge is 2.20. The predicted octanol–water partition coefficient (Wildman–Crippen LogP) is 3.32. The molecule has 31 heavy (non-hydrogen) atoms. The van der Waals surface area contributed by atoms with Crippen molar-refractivity contribution in [3.63, 3.8) is 0 Å². The number of alkyl halides is 2. The van der Waals surface area contributed by atoms with Gasteiger partial charge in [0.2, 0.25) is 5.91 Å². The highest BCUT2D eigenvalue weighted by atomic mass is 19.3. The van der Waals surface area contributed by atoms with Crippen LogP contribution in [0.1, 0.15) is 19.4 Å². The second-order valence-corrected chi connectivity index (χ2v) is 7.01. The van der Waals surface area contributed by atoms with Crippen LogP contribution in [0.25, 0.3) is 11.0 Å². The molecule has 3 aromatic rings. The van der Waals surface area contributed by atoms with Crippen molar-refractivity contribution < 1.29 is 23.0 Å². The Balaban J connectivity index is 1.67. The third kappa shape index (κ3) is 5.60. The second kappa shape index (κ2) is 9.61. The van der Waals surface area contributed by atoms with Crippen molar-refractivity contribution in [2.75, 3.05) is 19.0 Å². The number of ether oxygens (including phenoxy) is 2. The summed E-state index contributed by atoms with van der Waals surface area (Å²) in [5.74, 6) is -0.0470. The van der Waals surface area contributed by atoms with Gasteiger partial charge in [0.15, 0.2) is 11.5 Å². The molecule has 0 spiro atoms. The quantitative estimate of drug-likeness (QED) is 0.480. The third-order valence-corrected chi connectivity index (χ3v) is 4.78. The van der Waals surface area contributed by atoms with Gasteiger partial charge < -0.3 is 24.8 Å². The van der Waals surface area contributed by atoms with Gasteiger partial charge in [0.1, 0.15) is 0 Å². The number of aromatic nitrogens is 2. The van der Waals surface area contributed by atoms with Crippen molar-refractivity contribution in [2.24, 2.45) is 0 Å². The van der Waals surface area contributed by atoms with Gasteiger partial charge in [-0.05, 0) is 56.8 Å². The Kier molecular flexibility index (Phi) is 6.91. The molecule has 1 aromatic heterocycles. The summed E-state index contributed by atoms with van der Waals surface area (Å²) in [5.41, 5.74) is 2.26. The molecule has 0 aliphatic rings. The number of benzene rings is 2. The molecular formula is C21H24F2N4O4. The van der Waals surface area contributed by atoms with E-state index in [1.165, 1.54) is 6.07 Å². The Morgan fingerprint density at radius 3 is 2.58 bits per heavy atom. The van der Waals surface area contributed by atoms with Crippen LogP contribution in [0.3, 0.4) is 0 Å². The molecule has 0 saturated carbocycles. The Bertz CT molecular complexity index is 1110. The zero-order valence-electron chi connectivity index (χ0n) is 17.4. The van der Waals surface area contributed by atoms with Crippen molar-refractivity contribution in [1.82, 2.24) is 14.9 Å². The summed E-state index contributed by atoms with van der Waals surface area (Å²) in [6.45, 7) is 1.24. The van der Waals surface area contributed by atoms with Gasteiger partial charge in [-0.1, -0.05) is 6.07 Å². The third-order valence-electron chi connectivity index (χ3n) is 4.78. The van der Waals surface area contributed by atoms with Gasteiger partial charge in [0, 0.05) is 12.2 Å². The highest BCUT2D eigenvalue weighted by molar-refractivity contribution is 5.96. The minimum absolute atomic E-state index is 0.0350. The minimum Gasteiger partial charge on any atom is -0.490 e. The van der Waals surface area contributed by atoms with Crippen molar-refractivity contribution >= 4 is 22.6 Å². The Hall–Kier alpha value is -3.40. The smallest absolute Gasteiger partial charge is 0.387 e. The Morgan fingerprint density at radius 1 is 1.13 bits per heavy atom. The van der Waals surface area contributed by atoms with Gasteiger partial charge in [-0.3, -0.25) is 9.69 Å². The largest absolute Gasteiger partial charge is 0.490 e. The fraction of sp³-hybridized carbons (Fsp3) is 0.333. The lowest BCUT2D eigenvalue weighted by atomic mass is 10.1. The van der Waals surface area contributed by atoms with E-state index in [-0.39, 0.29) is 23.1 Å². The van der Waals surface area contributed by atoms with Crippen LogP contribution in [0.5, 0.6) is 11.5 Å². The number of hydrogen-bond acceptors (Lipinski definition) is 5. The monoisotopic (exact) mass is 434 g/mol. The molecular weight excluding hydrogens is 410 g/mol. The van der Waals surface area contributed by atoms with Crippen LogP contribution in [0.2, 0.25) is 0 Å². The molecule has 2 aromatic carbocycles. The predicted molar refractivity (Wildman–Crippen MR) is 113 cm³/mol. The van der Waals surface area contributed by atoms with Gasteiger partial charge in [-0.2, -0.15) is 8.78 Å². The molecule has 1 amide bonds. The first-order chi connectivity index (χ1) is 14.8. The molecule has 8 nitrogen and oxygen atoms in total. The number of amides is 1. The summed E-state index contributed by atoms with van der Waals surface area (Å²) in [5, 5.41) is 2.83. The van der Waals surface area contributed by atoms with E-state index < -0.39 is 12.7 Å². The fourth-order valence-corrected chi connectivity index (χ4v) is 3.09. The second-order valence-electron chi connectivity index (χ2n) is 7.01. The normalized spacial score (nSPS) is 12.4. The number of carbonyl (C=O) groups is 1. The van der Waals surface area contributed by atoms with Crippen LogP contribution in [0, 0.1) is 0 Å². The number of H-pyrrole nitrogens is 2. The number of imidazole rings is 1. The lowest BCUT2D eigenvalue weighted by molar-refractivity contribution is -0.120. The number of fused-ring (bicyclic) bond motifs is 1. The Morgan fingerprint density at radius 2 is 1.87 bits per heavy atom. The van der Waals surface area contributed by atoms with Crippen LogP contribution in [0.4, 0.5) is 14.5 Å². The number of carbonyl (C=O) groups excluding carboxylic acids is 1. The van der Waals surface area contributed by atoms with Crippen LogP contribution >= 0.6 is 0 Å². The van der Waals surface area contributed by atoms with Crippen molar-refractivity contribution in [2.45, 2.75) is 33.0 Å². The number of aromatic amines is 2. The van der Waals surface area contributed by atoms with Crippen molar-refractivity contribution in [3.8, 4) is 11.5 Å². The molecule has 3 N–H and O–H groups in total. The first kappa shape index (κ1) is 22.3.